The third-order valence-corrected chi connectivity index (χ3v) is 3.70. The summed E-state index contributed by atoms with van der Waals surface area (Å²) in [4.78, 5) is 27.7. The molecule has 3 rings (SSSR count). The lowest BCUT2D eigenvalue weighted by atomic mass is 10.1. The fourth-order valence-electron chi connectivity index (χ4n) is 2.65. The highest BCUT2D eigenvalue weighted by Crippen LogP contribution is 2.24. The van der Waals surface area contributed by atoms with Crippen molar-refractivity contribution in [2.24, 2.45) is 0 Å². The van der Waals surface area contributed by atoms with Crippen molar-refractivity contribution >= 4 is 11.8 Å². The first kappa shape index (κ1) is 12.2. The molecule has 2 saturated heterocycles. The Morgan fingerprint density at radius 3 is 2.79 bits per heavy atom. The number of aliphatic hydroxyl groups is 1. The number of furan rings is 1. The lowest BCUT2D eigenvalue weighted by molar-refractivity contribution is -0.145. The predicted octanol–water partition coefficient (Wildman–Crippen LogP) is 0.0873. The van der Waals surface area contributed by atoms with Crippen LogP contribution in [0.2, 0.25) is 0 Å². The summed E-state index contributed by atoms with van der Waals surface area (Å²) in [6.45, 7) is 1.32. The second kappa shape index (κ2) is 4.70. The van der Waals surface area contributed by atoms with E-state index in [2.05, 4.69) is 0 Å². The maximum Gasteiger partial charge on any atom is 0.290 e. The third-order valence-electron chi connectivity index (χ3n) is 3.70. The molecule has 1 unspecified atom stereocenters. The van der Waals surface area contributed by atoms with Gasteiger partial charge in [-0.25, -0.2) is 0 Å². The quantitative estimate of drug-likeness (QED) is 0.821. The van der Waals surface area contributed by atoms with Crippen molar-refractivity contribution in [2.45, 2.75) is 25.0 Å². The zero-order valence-electron chi connectivity index (χ0n) is 10.5. The van der Waals surface area contributed by atoms with Crippen molar-refractivity contribution in [3.8, 4) is 0 Å². The van der Waals surface area contributed by atoms with Gasteiger partial charge in [0.25, 0.3) is 5.91 Å². The zero-order valence-corrected chi connectivity index (χ0v) is 10.5. The molecule has 1 atom stereocenters. The van der Waals surface area contributed by atoms with Crippen molar-refractivity contribution in [3.05, 3.63) is 24.2 Å². The minimum atomic E-state index is -0.417. The highest BCUT2D eigenvalue weighted by molar-refractivity contribution is 5.96. The van der Waals surface area contributed by atoms with E-state index in [-0.39, 0.29) is 17.6 Å². The molecule has 2 fully saturated rings. The molecule has 2 aliphatic heterocycles. The number of carbonyl (C=O) groups is 2. The van der Waals surface area contributed by atoms with Gasteiger partial charge in [0.1, 0.15) is 6.04 Å². The van der Waals surface area contributed by atoms with E-state index in [0.717, 1.165) is 6.42 Å². The van der Waals surface area contributed by atoms with Crippen LogP contribution in [0.4, 0.5) is 0 Å². The van der Waals surface area contributed by atoms with E-state index in [9.17, 15) is 14.7 Å². The van der Waals surface area contributed by atoms with Gasteiger partial charge < -0.3 is 19.3 Å². The normalized spacial score (nSPS) is 23.5. The van der Waals surface area contributed by atoms with E-state index in [0.29, 0.717) is 26.1 Å². The Labute approximate surface area is 110 Å². The van der Waals surface area contributed by atoms with Crippen LogP contribution in [0.1, 0.15) is 23.4 Å². The fraction of sp³-hybridized carbons (Fsp3) is 0.538. The van der Waals surface area contributed by atoms with Gasteiger partial charge in [0.2, 0.25) is 5.91 Å². The van der Waals surface area contributed by atoms with Gasteiger partial charge in [-0.3, -0.25) is 9.59 Å². The van der Waals surface area contributed by atoms with Crippen molar-refractivity contribution in [1.82, 2.24) is 9.80 Å². The van der Waals surface area contributed by atoms with Crippen molar-refractivity contribution < 1.29 is 19.1 Å². The highest BCUT2D eigenvalue weighted by Gasteiger charge is 2.40. The Morgan fingerprint density at radius 1 is 1.37 bits per heavy atom. The van der Waals surface area contributed by atoms with E-state index in [1.54, 1.807) is 21.9 Å². The van der Waals surface area contributed by atoms with Gasteiger partial charge in [-0.05, 0) is 25.0 Å². The van der Waals surface area contributed by atoms with Gasteiger partial charge in [-0.15, -0.1) is 0 Å². The first-order valence-electron chi connectivity index (χ1n) is 6.48. The summed E-state index contributed by atoms with van der Waals surface area (Å²) in [7, 11) is 0. The molecule has 0 aliphatic carbocycles. The van der Waals surface area contributed by atoms with E-state index in [1.165, 1.54) is 6.26 Å². The molecule has 6 heteroatoms. The molecule has 2 amide bonds. The number of nitrogens with zero attached hydrogens (tertiary/aromatic N) is 2. The molecule has 0 radical (unpaired) electrons. The molecule has 0 bridgehead atoms. The molecule has 0 aromatic carbocycles. The van der Waals surface area contributed by atoms with Crippen molar-refractivity contribution in [1.29, 1.82) is 0 Å². The predicted molar refractivity (Wildman–Crippen MR) is 65.4 cm³/mol. The topological polar surface area (TPSA) is 74.0 Å². The molecule has 1 aromatic heterocycles. The summed E-state index contributed by atoms with van der Waals surface area (Å²) in [5.41, 5.74) is 0. The van der Waals surface area contributed by atoms with Gasteiger partial charge in [0, 0.05) is 19.6 Å². The number of β-amino-alcohol motifs (C(OH)–C–C–N with tert-alkyl or cyclic N) is 1. The van der Waals surface area contributed by atoms with Crippen LogP contribution >= 0.6 is 0 Å². The minimum absolute atomic E-state index is 0.0669. The number of carbonyl (C=O) groups excluding carboxylic acids is 2. The van der Waals surface area contributed by atoms with E-state index in [4.69, 9.17) is 4.42 Å². The van der Waals surface area contributed by atoms with Gasteiger partial charge >= 0.3 is 0 Å². The molecule has 0 saturated carbocycles. The number of hydrogen-bond acceptors (Lipinski definition) is 4. The summed E-state index contributed by atoms with van der Waals surface area (Å²) < 4.78 is 5.10. The molecule has 102 valence electrons. The Morgan fingerprint density at radius 2 is 2.16 bits per heavy atom. The molecule has 0 spiro atoms. The average Bonchev–Trinajstić information content (AvgIpc) is 3.03. The fourth-order valence-corrected chi connectivity index (χ4v) is 2.65. The zero-order chi connectivity index (χ0) is 13.4. The smallest absolute Gasteiger partial charge is 0.290 e. The number of amides is 2. The highest BCUT2D eigenvalue weighted by atomic mass is 16.3. The number of hydrogen-bond donors (Lipinski definition) is 1. The lowest BCUT2D eigenvalue weighted by Crippen LogP contribution is -2.58. The van der Waals surface area contributed by atoms with Gasteiger partial charge in [0.05, 0.1) is 12.4 Å². The maximum absolute atomic E-state index is 12.2. The monoisotopic (exact) mass is 264 g/mol. The average molecular weight is 264 g/mol. The van der Waals surface area contributed by atoms with E-state index in [1.807, 2.05) is 0 Å². The Balaban J connectivity index is 1.71. The molecule has 1 aromatic rings. The first-order chi connectivity index (χ1) is 9.16. The number of likely N-dealkylation sites (tertiary alicyclic amines) is 2. The second-order valence-corrected chi connectivity index (χ2v) is 5.03. The summed E-state index contributed by atoms with van der Waals surface area (Å²) in [6, 6.07) is 2.85. The lowest BCUT2D eigenvalue weighted by Gasteiger charge is -2.39. The first-order valence-corrected chi connectivity index (χ1v) is 6.48. The number of rotatable bonds is 2. The van der Waals surface area contributed by atoms with E-state index >= 15 is 0 Å². The van der Waals surface area contributed by atoms with Gasteiger partial charge in [-0.1, -0.05) is 0 Å². The maximum atomic E-state index is 12.2. The Hall–Kier alpha value is -1.82. The van der Waals surface area contributed by atoms with Gasteiger partial charge in [-0.2, -0.15) is 0 Å². The Kier molecular flexibility index (Phi) is 3.02. The van der Waals surface area contributed by atoms with Crippen molar-refractivity contribution in [2.75, 3.05) is 19.6 Å². The largest absolute Gasteiger partial charge is 0.459 e. The summed E-state index contributed by atoms with van der Waals surface area (Å²) in [5.74, 6) is -0.0343. The molecule has 2 aliphatic rings. The number of aliphatic hydroxyl groups excluding tert-OH is 1. The second-order valence-electron chi connectivity index (χ2n) is 5.03. The Bertz CT molecular complexity index is 479. The summed E-state index contributed by atoms with van der Waals surface area (Å²) in [6.07, 6.45) is 2.53. The molecule has 1 N–H and O–H groups in total. The van der Waals surface area contributed by atoms with Crippen LogP contribution in [0.5, 0.6) is 0 Å². The van der Waals surface area contributed by atoms with Crippen LogP contribution in [0.15, 0.2) is 22.8 Å². The van der Waals surface area contributed by atoms with Crippen molar-refractivity contribution in [3.63, 3.8) is 0 Å². The molecular formula is C13H16N2O4. The minimum Gasteiger partial charge on any atom is -0.459 e. The molecule has 19 heavy (non-hydrogen) atoms. The standard InChI is InChI=1S/C13H16N2O4/c16-9-7-14(8-9)12(17)10-3-1-5-15(10)13(18)11-4-2-6-19-11/h2,4,6,9-10,16H,1,3,5,7-8H2. The van der Waals surface area contributed by atoms with Crippen LogP contribution in [0, 0.1) is 0 Å². The molecular weight excluding hydrogens is 248 g/mol. The van der Waals surface area contributed by atoms with Crippen LogP contribution in [-0.2, 0) is 4.79 Å². The van der Waals surface area contributed by atoms with Gasteiger partial charge in [0.15, 0.2) is 5.76 Å². The SMILES string of the molecule is O=C(C1CCCN1C(=O)c1ccco1)N1CC(O)C1. The summed E-state index contributed by atoms with van der Waals surface area (Å²) >= 11 is 0. The van der Waals surface area contributed by atoms with Crippen LogP contribution in [0.3, 0.4) is 0 Å². The third kappa shape index (κ3) is 2.12. The molecule has 6 nitrogen and oxygen atoms in total. The van der Waals surface area contributed by atoms with Crippen LogP contribution < -0.4 is 0 Å². The summed E-state index contributed by atoms with van der Waals surface area (Å²) in [5, 5.41) is 9.25. The van der Waals surface area contributed by atoms with E-state index < -0.39 is 12.1 Å². The van der Waals surface area contributed by atoms with Crippen LogP contribution in [0.25, 0.3) is 0 Å². The molecule has 3 heterocycles. The van der Waals surface area contributed by atoms with Crippen LogP contribution in [-0.4, -0.2) is 58.5 Å².